The molecule has 1 N–H and O–H groups in total. The van der Waals surface area contributed by atoms with Gasteiger partial charge in [-0.25, -0.2) is 8.42 Å². The van der Waals surface area contributed by atoms with Crippen LogP contribution in [0, 0.1) is 0 Å². The molecule has 0 spiro atoms. The highest BCUT2D eigenvalue weighted by Crippen LogP contribution is 1.99. The lowest BCUT2D eigenvalue weighted by Crippen LogP contribution is -3.15. The molecule has 0 amide bonds. The van der Waals surface area contributed by atoms with Crippen LogP contribution in [0.25, 0.3) is 0 Å². The second kappa shape index (κ2) is 5.82. The van der Waals surface area contributed by atoms with Gasteiger partial charge in [-0.05, 0) is 5.56 Å². The molecule has 4 nitrogen and oxygen atoms in total. The maximum absolute atomic E-state index is 11.4. The van der Waals surface area contributed by atoms with Crippen LogP contribution in [0.4, 0.5) is 0 Å². The zero-order valence-corrected chi connectivity index (χ0v) is 11.6. The Labute approximate surface area is 109 Å². The quantitative estimate of drug-likeness (QED) is 0.792. The van der Waals surface area contributed by atoms with Crippen molar-refractivity contribution >= 4 is 10.0 Å². The molecule has 5 heteroatoms. The molecule has 0 bridgehead atoms. The van der Waals surface area contributed by atoms with Crippen molar-refractivity contribution < 1.29 is 13.3 Å². The van der Waals surface area contributed by atoms with E-state index in [0.29, 0.717) is 13.1 Å². The molecule has 1 aromatic rings. The molecule has 1 aliphatic heterocycles. The van der Waals surface area contributed by atoms with Crippen molar-refractivity contribution in [3.63, 3.8) is 0 Å². The number of nitrogens with zero attached hydrogens (tertiary/aromatic N) is 1. The molecule has 0 radical (unpaired) electrons. The Bertz CT molecular complexity index is 465. The number of rotatable bonds is 4. The minimum atomic E-state index is -3.00. The Morgan fingerprint density at radius 1 is 1.17 bits per heavy atom. The summed E-state index contributed by atoms with van der Waals surface area (Å²) in [6.45, 7) is 4.23. The first-order chi connectivity index (χ1) is 8.55. The van der Waals surface area contributed by atoms with Crippen molar-refractivity contribution in [3.8, 4) is 0 Å². The van der Waals surface area contributed by atoms with Crippen molar-refractivity contribution in [2.75, 3.05) is 39.0 Å². The third-order valence-corrected chi connectivity index (χ3v) is 4.81. The topological polar surface area (TPSA) is 41.8 Å². The van der Waals surface area contributed by atoms with E-state index >= 15 is 0 Å². The fourth-order valence-corrected chi connectivity index (χ4v) is 3.20. The van der Waals surface area contributed by atoms with E-state index in [2.05, 4.69) is 24.3 Å². The highest BCUT2D eigenvalue weighted by Gasteiger charge is 2.25. The van der Waals surface area contributed by atoms with Crippen LogP contribution >= 0.6 is 0 Å². The molecule has 0 unspecified atom stereocenters. The number of quaternary nitrogens is 1. The smallest absolute Gasteiger partial charge is 0.211 e. The van der Waals surface area contributed by atoms with Crippen LogP contribution in [0.5, 0.6) is 0 Å². The Morgan fingerprint density at radius 3 is 2.33 bits per heavy atom. The zero-order valence-electron chi connectivity index (χ0n) is 10.8. The van der Waals surface area contributed by atoms with E-state index < -0.39 is 10.0 Å². The molecule has 0 aliphatic carbocycles. The highest BCUT2D eigenvalue weighted by molar-refractivity contribution is 7.88. The van der Waals surface area contributed by atoms with Gasteiger partial charge >= 0.3 is 0 Å². The number of benzene rings is 1. The van der Waals surface area contributed by atoms with Gasteiger partial charge in [-0.3, -0.25) is 0 Å². The lowest BCUT2D eigenvalue weighted by atomic mass is 10.1. The summed E-state index contributed by atoms with van der Waals surface area (Å²) in [5.41, 5.74) is 1.36. The summed E-state index contributed by atoms with van der Waals surface area (Å²) in [6.07, 6.45) is 2.36. The molecule has 1 saturated heterocycles. The van der Waals surface area contributed by atoms with Gasteiger partial charge in [0.15, 0.2) is 0 Å². The molecule has 0 aromatic heterocycles. The number of piperazine rings is 1. The van der Waals surface area contributed by atoms with Gasteiger partial charge in [0.25, 0.3) is 0 Å². The van der Waals surface area contributed by atoms with E-state index in [1.165, 1.54) is 16.7 Å². The summed E-state index contributed by atoms with van der Waals surface area (Å²) in [4.78, 5) is 1.50. The monoisotopic (exact) mass is 269 g/mol. The van der Waals surface area contributed by atoms with Gasteiger partial charge in [-0.1, -0.05) is 30.3 Å². The zero-order chi connectivity index (χ0) is 13.0. The lowest BCUT2D eigenvalue weighted by Gasteiger charge is -2.30. The molecule has 100 valence electrons. The molecule has 0 saturated carbocycles. The van der Waals surface area contributed by atoms with Gasteiger partial charge < -0.3 is 4.90 Å². The Kier molecular flexibility index (Phi) is 4.37. The summed E-state index contributed by atoms with van der Waals surface area (Å²) in [5.74, 6) is 0. The number of nitrogens with one attached hydrogen (secondary N) is 1. The Balaban J connectivity index is 1.78. The minimum Gasteiger partial charge on any atom is -0.332 e. The minimum absolute atomic E-state index is 0.656. The average molecular weight is 269 g/mol. The van der Waals surface area contributed by atoms with Crippen LogP contribution in [0.1, 0.15) is 5.56 Å². The number of hydrogen-bond acceptors (Lipinski definition) is 2. The van der Waals surface area contributed by atoms with E-state index in [0.717, 1.165) is 26.1 Å². The van der Waals surface area contributed by atoms with Crippen LogP contribution < -0.4 is 4.90 Å². The summed E-state index contributed by atoms with van der Waals surface area (Å²) >= 11 is 0. The summed E-state index contributed by atoms with van der Waals surface area (Å²) < 4.78 is 24.4. The largest absolute Gasteiger partial charge is 0.332 e. The van der Waals surface area contributed by atoms with Crippen LogP contribution in [0.15, 0.2) is 30.3 Å². The van der Waals surface area contributed by atoms with E-state index in [1.807, 2.05) is 6.07 Å². The normalized spacial score (nSPS) is 18.9. The summed E-state index contributed by atoms with van der Waals surface area (Å²) in [5, 5.41) is 0. The fourth-order valence-electron chi connectivity index (χ4n) is 2.35. The van der Waals surface area contributed by atoms with E-state index in [1.54, 1.807) is 4.31 Å². The van der Waals surface area contributed by atoms with Gasteiger partial charge in [0, 0.05) is 6.42 Å². The van der Waals surface area contributed by atoms with Crippen LogP contribution in [0.3, 0.4) is 0 Å². The lowest BCUT2D eigenvalue weighted by molar-refractivity contribution is -0.903. The molecule has 1 aliphatic rings. The van der Waals surface area contributed by atoms with E-state index in [9.17, 15) is 8.42 Å². The Hall–Kier alpha value is -0.910. The third kappa shape index (κ3) is 3.80. The average Bonchev–Trinajstić information content (AvgIpc) is 2.37. The third-order valence-electron chi connectivity index (χ3n) is 3.51. The fraction of sp³-hybridized carbons (Fsp3) is 0.538. The predicted molar refractivity (Wildman–Crippen MR) is 72.1 cm³/mol. The second-order valence-corrected chi connectivity index (χ2v) is 6.88. The van der Waals surface area contributed by atoms with Gasteiger partial charge in [0.1, 0.15) is 0 Å². The highest BCUT2D eigenvalue weighted by atomic mass is 32.2. The molecule has 2 rings (SSSR count). The Morgan fingerprint density at radius 2 is 1.78 bits per heavy atom. The molecule has 1 heterocycles. The first-order valence-electron chi connectivity index (χ1n) is 6.38. The van der Waals surface area contributed by atoms with Gasteiger partial charge in [0.2, 0.25) is 10.0 Å². The van der Waals surface area contributed by atoms with Crippen molar-refractivity contribution in [2.45, 2.75) is 6.42 Å². The van der Waals surface area contributed by atoms with Crippen molar-refractivity contribution in [3.05, 3.63) is 35.9 Å². The first kappa shape index (κ1) is 13.5. The van der Waals surface area contributed by atoms with Crippen LogP contribution in [-0.2, 0) is 16.4 Å². The summed E-state index contributed by atoms with van der Waals surface area (Å²) in [7, 11) is -3.00. The first-order valence-corrected chi connectivity index (χ1v) is 8.23. The second-order valence-electron chi connectivity index (χ2n) is 4.90. The molecule has 0 atom stereocenters. The van der Waals surface area contributed by atoms with E-state index in [4.69, 9.17) is 0 Å². The summed E-state index contributed by atoms with van der Waals surface area (Å²) in [6, 6.07) is 10.4. The van der Waals surface area contributed by atoms with Crippen LogP contribution in [0.2, 0.25) is 0 Å². The van der Waals surface area contributed by atoms with Crippen molar-refractivity contribution in [2.24, 2.45) is 0 Å². The van der Waals surface area contributed by atoms with E-state index in [-0.39, 0.29) is 0 Å². The molecular weight excluding hydrogens is 248 g/mol. The van der Waals surface area contributed by atoms with Crippen molar-refractivity contribution in [1.29, 1.82) is 0 Å². The molecule has 18 heavy (non-hydrogen) atoms. The van der Waals surface area contributed by atoms with Crippen LogP contribution in [-0.4, -0.2) is 51.7 Å². The predicted octanol–water partition coefficient (Wildman–Crippen LogP) is -0.611. The molecule has 1 fully saturated rings. The standard InChI is InChI=1S/C13H20N2O2S/c1-18(16,17)15-11-9-14(10-12-15)8-7-13-5-3-2-4-6-13/h2-6H,7-12H2,1H3/p+1. The maximum Gasteiger partial charge on any atom is 0.211 e. The molecule has 1 aromatic carbocycles. The SMILES string of the molecule is CS(=O)(=O)N1CC[NH+](CCc2ccccc2)CC1. The maximum atomic E-state index is 11.4. The van der Waals surface area contributed by atoms with Gasteiger partial charge in [-0.15, -0.1) is 0 Å². The molecular formula is C13H21N2O2S+. The van der Waals surface area contributed by atoms with Crippen molar-refractivity contribution in [1.82, 2.24) is 4.31 Å². The van der Waals surface area contributed by atoms with Gasteiger partial charge in [-0.2, -0.15) is 4.31 Å². The van der Waals surface area contributed by atoms with Gasteiger partial charge in [0.05, 0.1) is 39.0 Å². The number of sulfonamides is 1. The number of hydrogen-bond donors (Lipinski definition) is 1.